The average Bonchev–Trinajstić information content (AvgIpc) is 3.10. The molecule has 106 valence electrons. The van der Waals surface area contributed by atoms with Gasteiger partial charge in [0.1, 0.15) is 0 Å². The van der Waals surface area contributed by atoms with Crippen molar-refractivity contribution in [3.8, 4) is 11.5 Å². The second kappa shape index (κ2) is 6.08. The molecule has 0 saturated heterocycles. The molecule has 21 heavy (non-hydrogen) atoms. The number of carbonyl (C=O) groups excluding carboxylic acids is 1. The molecule has 0 unspecified atom stereocenters. The fourth-order valence-electron chi connectivity index (χ4n) is 1.68. The molecule has 1 N–H and O–H groups in total. The highest BCUT2D eigenvalue weighted by Gasteiger charge is 2.13. The zero-order valence-electron chi connectivity index (χ0n) is 10.3. The van der Waals surface area contributed by atoms with E-state index in [-0.39, 0.29) is 5.91 Å². The van der Waals surface area contributed by atoms with E-state index in [1.165, 1.54) is 17.7 Å². The van der Waals surface area contributed by atoms with Gasteiger partial charge in [0.25, 0.3) is 5.91 Å². The second-order valence-corrected chi connectivity index (χ2v) is 7.24. The van der Waals surface area contributed by atoms with Gasteiger partial charge < -0.3 is 9.73 Å². The van der Waals surface area contributed by atoms with Crippen LogP contribution in [0.1, 0.15) is 9.67 Å². The summed E-state index contributed by atoms with van der Waals surface area (Å²) in [6.07, 6.45) is 1.27. The lowest BCUT2D eigenvalue weighted by molar-refractivity contribution is 0.103. The number of nitrogens with one attached hydrogen (secondary N) is 1. The Morgan fingerprint density at radius 2 is 2.14 bits per heavy atom. The van der Waals surface area contributed by atoms with Crippen molar-refractivity contribution in [1.82, 2.24) is 10.2 Å². The molecule has 2 aromatic heterocycles. The molecule has 0 saturated carbocycles. The van der Waals surface area contributed by atoms with Crippen molar-refractivity contribution in [3.05, 3.63) is 49.9 Å². The first-order valence-electron chi connectivity index (χ1n) is 5.76. The maximum Gasteiger partial charge on any atom is 0.265 e. The number of halogens is 2. The van der Waals surface area contributed by atoms with Gasteiger partial charge in [-0.2, -0.15) is 0 Å². The van der Waals surface area contributed by atoms with Crippen LogP contribution in [0.2, 0.25) is 0 Å². The lowest BCUT2D eigenvalue weighted by atomic mass is 10.2. The third-order valence-corrected chi connectivity index (χ3v) is 5.85. The second-order valence-electron chi connectivity index (χ2n) is 4.01. The number of hydrogen-bond donors (Lipinski definition) is 1. The number of thiophene rings is 1. The molecule has 3 rings (SSSR count). The van der Waals surface area contributed by atoms with Gasteiger partial charge in [0.05, 0.1) is 8.66 Å². The number of anilines is 1. The quantitative estimate of drug-likeness (QED) is 0.663. The normalized spacial score (nSPS) is 10.6. The molecular weight excluding hydrogens is 422 g/mol. The summed E-state index contributed by atoms with van der Waals surface area (Å²) in [5, 5.41) is 10.3. The Balaban J connectivity index is 1.82. The first-order valence-corrected chi connectivity index (χ1v) is 8.16. The summed E-state index contributed by atoms with van der Waals surface area (Å²) >= 11 is 8.10. The number of rotatable bonds is 3. The largest absolute Gasteiger partial charge is 0.423 e. The Labute approximate surface area is 140 Å². The molecule has 0 spiro atoms. The predicted molar refractivity (Wildman–Crippen MR) is 87.4 cm³/mol. The van der Waals surface area contributed by atoms with Crippen LogP contribution >= 0.6 is 43.2 Å². The number of carbonyl (C=O) groups is 1. The molecule has 0 radical (unpaired) electrons. The van der Waals surface area contributed by atoms with Crippen LogP contribution in [0.3, 0.4) is 0 Å². The van der Waals surface area contributed by atoms with E-state index in [0.717, 1.165) is 13.8 Å². The van der Waals surface area contributed by atoms with Crippen LogP contribution < -0.4 is 5.32 Å². The van der Waals surface area contributed by atoms with Crippen molar-refractivity contribution < 1.29 is 9.21 Å². The van der Waals surface area contributed by atoms with Gasteiger partial charge >= 0.3 is 0 Å². The van der Waals surface area contributed by atoms with E-state index in [1.807, 2.05) is 12.1 Å². The van der Waals surface area contributed by atoms with Crippen LogP contribution in [-0.2, 0) is 0 Å². The number of benzene rings is 1. The summed E-state index contributed by atoms with van der Waals surface area (Å²) in [6, 6.07) is 9.00. The molecule has 0 fully saturated rings. The summed E-state index contributed by atoms with van der Waals surface area (Å²) in [7, 11) is 0. The lowest BCUT2D eigenvalue weighted by Crippen LogP contribution is -2.09. The molecule has 8 heteroatoms. The maximum absolute atomic E-state index is 12.2. The van der Waals surface area contributed by atoms with E-state index in [1.54, 1.807) is 18.2 Å². The van der Waals surface area contributed by atoms with E-state index in [9.17, 15) is 4.79 Å². The Bertz CT molecular complexity index is 767. The van der Waals surface area contributed by atoms with E-state index < -0.39 is 0 Å². The van der Waals surface area contributed by atoms with Gasteiger partial charge in [-0.3, -0.25) is 4.79 Å². The third-order valence-electron chi connectivity index (χ3n) is 2.60. The van der Waals surface area contributed by atoms with Crippen molar-refractivity contribution in [2.75, 3.05) is 5.32 Å². The molecule has 1 aromatic carbocycles. The minimum absolute atomic E-state index is 0.172. The first kappa shape index (κ1) is 14.4. The van der Waals surface area contributed by atoms with Crippen LogP contribution in [0.4, 0.5) is 5.69 Å². The highest BCUT2D eigenvalue weighted by atomic mass is 79.9. The van der Waals surface area contributed by atoms with Crippen molar-refractivity contribution >= 4 is 54.8 Å². The van der Waals surface area contributed by atoms with E-state index in [4.69, 9.17) is 4.42 Å². The Hall–Kier alpha value is -1.51. The molecule has 1 amide bonds. The van der Waals surface area contributed by atoms with E-state index >= 15 is 0 Å². The zero-order chi connectivity index (χ0) is 14.8. The van der Waals surface area contributed by atoms with Gasteiger partial charge in [-0.05, 0) is 56.1 Å². The van der Waals surface area contributed by atoms with Gasteiger partial charge in [0.2, 0.25) is 12.3 Å². The molecule has 0 atom stereocenters. The smallest absolute Gasteiger partial charge is 0.265 e. The van der Waals surface area contributed by atoms with Crippen LogP contribution in [0.15, 0.2) is 49.4 Å². The predicted octanol–water partition coefficient (Wildman–Crippen LogP) is 4.58. The van der Waals surface area contributed by atoms with Crippen molar-refractivity contribution in [2.45, 2.75) is 0 Å². The molecule has 0 aliphatic heterocycles. The number of amides is 1. The van der Waals surface area contributed by atoms with Crippen LogP contribution in [0, 0.1) is 0 Å². The van der Waals surface area contributed by atoms with Gasteiger partial charge in [-0.25, -0.2) is 0 Å². The summed E-state index contributed by atoms with van der Waals surface area (Å²) in [6.45, 7) is 0. The maximum atomic E-state index is 12.2. The topological polar surface area (TPSA) is 68.0 Å². The molecule has 2 heterocycles. The van der Waals surface area contributed by atoms with Crippen LogP contribution in [0.25, 0.3) is 11.5 Å². The van der Waals surface area contributed by atoms with Gasteiger partial charge in [-0.1, -0.05) is 6.07 Å². The zero-order valence-corrected chi connectivity index (χ0v) is 14.3. The highest BCUT2D eigenvalue weighted by Crippen LogP contribution is 2.32. The molecular formula is C13H7Br2N3O2S. The van der Waals surface area contributed by atoms with Crippen molar-refractivity contribution in [2.24, 2.45) is 0 Å². The van der Waals surface area contributed by atoms with Crippen LogP contribution in [0.5, 0.6) is 0 Å². The average molecular weight is 429 g/mol. The third kappa shape index (κ3) is 3.22. The summed E-state index contributed by atoms with van der Waals surface area (Å²) < 4.78 is 6.88. The highest BCUT2D eigenvalue weighted by molar-refractivity contribution is 9.13. The molecule has 5 nitrogen and oxygen atoms in total. The van der Waals surface area contributed by atoms with Gasteiger partial charge in [0, 0.05) is 15.7 Å². The van der Waals surface area contributed by atoms with Crippen LogP contribution in [-0.4, -0.2) is 16.1 Å². The fourth-order valence-corrected chi connectivity index (χ4v) is 3.61. The standard InChI is InChI=1S/C13H7Br2N3O2S/c14-9-5-10(21-11(9)15)12(19)17-8-3-1-2-7(4-8)13-18-16-6-20-13/h1-6H,(H,17,19). The molecule has 0 aliphatic rings. The summed E-state index contributed by atoms with van der Waals surface area (Å²) in [5.41, 5.74) is 1.41. The van der Waals surface area contributed by atoms with Gasteiger partial charge in [-0.15, -0.1) is 21.5 Å². The molecule has 0 bridgehead atoms. The SMILES string of the molecule is O=C(Nc1cccc(-c2nnco2)c1)c1cc(Br)c(Br)s1. The van der Waals surface area contributed by atoms with E-state index in [2.05, 4.69) is 47.4 Å². The molecule has 3 aromatic rings. The number of hydrogen-bond acceptors (Lipinski definition) is 5. The number of nitrogens with zero attached hydrogens (tertiary/aromatic N) is 2. The lowest BCUT2D eigenvalue weighted by Gasteiger charge is -2.04. The minimum atomic E-state index is -0.172. The number of aromatic nitrogens is 2. The molecule has 0 aliphatic carbocycles. The van der Waals surface area contributed by atoms with E-state index in [0.29, 0.717) is 16.5 Å². The minimum Gasteiger partial charge on any atom is -0.423 e. The Morgan fingerprint density at radius 1 is 1.29 bits per heavy atom. The Kier molecular flexibility index (Phi) is 4.18. The fraction of sp³-hybridized carbons (Fsp3) is 0. The first-order chi connectivity index (χ1) is 10.1. The van der Waals surface area contributed by atoms with Crippen molar-refractivity contribution in [1.29, 1.82) is 0 Å². The van der Waals surface area contributed by atoms with Gasteiger partial charge in [0.15, 0.2) is 0 Å². The monoisotopic (exact) mass is 427 g/mol. The Morgan fingerprint density at radius 3 is 2.81 bits per heavy atom. The summed E-state index contributed by atoms with van der Waals surface area (Å²) in [5.74, 6) is 0.238. The van der Waals surface area contributed by atoms with Crippen molar-refractivity contribution in [3.63, 3.8) is 0 Å². The summed E-state index contributed by atoms with van der Waals surface area (Å²) in [4.78, 5) is 12.8.